The minimum Gasteiger partial charge on any atom is -0.497 e. The second-order valence-electron chi connectivity index (χ2n) is 8.67. The highest BCUT2D eigenvalue weighted by atomic mass is 16.6. The monoisotopic (exact) mass is 409 g/mol. The molecule has 2 aromatic rings. The molecular weight excluding hydrogens is 382 g/mol. The number of carbonyl (C=O) groups excluding carboxylic acids is 2. The molecule has 0 unspecified atom stereocenters. The van der Waals surface area contributed by atoms with Gasteiger partial charge < -0.3 is 19.3 Å². The van der Waals surface area contributed by atoms with E-state index in [-0.39, 0.29) is 17.2 Å². The summed E-state index contributed by atoms with van der Waals surface area (Å²) in [6.45, 7) is 5.95. The molecule has 30 heavy (non-hydrogen) atoms. The van der Waals surface area contributed by atoms with Gasteiger partial charge in [-0.2, -0.15) is 0 Å². The molecule has 0 radical (unpaired) electrons. The SMILES string of the molecule is COc1ccc2c(c1)CN(C(=O)Oc1ccc(N3CCC(C)(C)CC3=O)cn1)CC2. The van der Waals surface area contributed by atoms with Crippen LogP contribution in [0.4, 0.5) is 10.5 Å². The Hall–Kier alpha value is -3.09. The van der Waals surface area contributed by atoms with Crippen LogP contribution >= 0.6 is 0 Å². The molecule has 1 saturated heterocycles. The van der Waals surface area contributed by atoms with Crippen molar-refractivity contribution < 1.29 is 19.1 Å². The molecule has 2 amide bonds. The quantitative estimate of drug-likeness (QED) is 0.771. The summed E-state index contributed by atoms with van der Waals surface area (Å²) in [5.41, 5.74) is 3.05. The maximum Gasteiger partial charge on any atom is 0.416 e. The summed E-state index contributed by atoms with van der Waals surface area (Å²) in [6.07, 6.45) is 3.39. The largest absolute Gasteiger partial charge is 0.497 e. The number of ether oxygens (including phenoxy) is 2. The number of nitrogens with zero attached hydrogens (tertiary/aromatic N) is 3. The van der Waals surface area contributed by atoms with Gasteiger partial charge in [0.25, 0.3) is 0 Å². The molecule has 0 spiro atoms. The number of piperidine rings is 1. The Bertz CT molecular complexity index is 955. The normalized spacial score (nSPS) is 18.0. The molecule has 7 heteroatoms. The van der Waals surface area contributed by atoms with Crippen LogP contribution in [0, 0.1) is 5.41 Å². The Balaban J connectivity index is 1.39. The summed E-state index contributed by atoms with van der Waals surface area (Å²) < 4.78 is 10.7. The van der Waals surface area contributed by atoms with Gasteiger partial charge in [-0.1, -0.05) is 19.9 Å². The fourth-order valence-electron chi connectivity index (χ4n) is 3.97. The number of rotatable bonds is 3. The third-order valence-electron chi connectivity index (χ3n) is 5.85. The molecule has 4 rings (SSSR count). The van der Waals surface area contributed by atoms with Crippen LogP contribution in [0.15, 0.2) is 36.5 Å². The number of aromatic nitrogens is 1. The number of methoxy groups -OCH3 is 1. The number of pyridine rings is 1. The topological polar surface area (TPSA) is 72.0 Å². The van der Waals surface area contributed by atoms with Crippen molar-refractivity contribution in [1.29, 1.82) is 0 Å². The first-order valence-corrected chi connectivity index (χ1v) is 10.2. The molecule has 0 bridgehead atoms. The molecule has 2 aliphatic rings. The van der Waals surface area contributed by atoms with Crippen molar-refractivity contribution in [2.75, 3.05) is 25.1 Å². The van der Waals surface area contributed by atoms with E-state index in [0.717, 1.165) is 29.8 Å². The average molecular weight is 409 g/mol. The Morgan fingerprint density at radius 3 is 2.67 bits per heavy atom. The highest BCUT2D eigenvalue weighted by Crippen LogP contribution is 2.33. The van der Waals surface area contributed by atoms with Gasteiger partial charge >= 0.3 is 6.09 Å². The van der Waals surface area contributed by atoms with Gasteiger partial charge in [-0.25, -0.2) is 9.78 Å². The Morgan fingerprint density at radius 1 is 1.13 bits per heavy atom. The lowest BCUT2D eigenvalue weighted by Gasteiger charge is -2.36. The number of amides is 2. The lowest BCUT2D eigenvalue weighted by atomic mass is 9.82. The van der Waals surface area contributed by atoms with Crippen LogP contribution in [0.5, 0.6) is 11.6 Å². The van der Waals surface area contributed by atoms with E-state index in [9.17, 15) is 9.59 Å². The number of fused-ring (bicyclic) bond motifs is 1. The molecule has 0 atom stereocenters. The van der Waals surface area contributed by atoms with Crippen molar-refractivity contribution in [2.45, 2.75) is 39.7 Å². The number of hydrogen-bond donors (Lipinski definition) is 0. The van der Waals surface area contributed by atoms with E-state index in [1.54, 1.807) is 35.2 Å². The predicted octanol–water partition coefficient (Wildman–Crippen LogP) is 3.80. The van der Waals surface area contributed by atoms with E-state index >= 15 is 0 Å². The highest BCUT2D eigenvalue weighted by Gasteiger charge is 2.32. The average Bonchev–Trinajstić information content (AvgIpc) is 2.73. The highest BCUT2D eigenvalue weighted by molar-refractivity contribution is 5.94. The van der Waals surface area contributed by atoms with Gasteiger partial charge in [0.1, 0.15) is 5.75 Å². The van der Waals surface area contributed by atoms with Crippen molar-refractivity contribution in [3.63, 3.8) is 0 Å². The van der Waals surface area contributed by atoms with Crippen molar-refractivity contribution in [1.82, 2.24) is 9.88 Å². The second kappa shape index (κ2) is 7.97. The number of hydrogen-bond acceptors (Lipinski definition) is 5. The van der Waals surface area contributed by atoms with Crippen LogP contribution in [-0.2, 0) is 17.8 Å². The molecule has 2 aliphatic heterocycles. The van der Waals surface area contributed by atoms with Crippen LogP contribution in [0.1, 0.15) is 37.8 Å². The fourth-order valence-corrected chi connectivity index (χ4v) is 3.97. The van der Waals surface area contributed by atoms with Crippen molar-refractivity contribution in [2.24, 2.45) is 5.41 Å². The standard InChI is InChI=1S/C23H27N3O4/c1-23(2)9-11-26(21(27)13-23)18-5-7-20(24-14-18)30-22(28)25-10-8-16-4-6-19(29-3)12-17(16)15-25/h4-7,12,14H,8-11,13,15H2,1-3H3. The van der Waals surface area contributed by atoms with Crippen LogP contribution < -0.4 is 14.4 Å². The zero-order valence-corrected chi connectivity index (χ0v) is 17.7. The Morgan fingerprint density at radius 2 is 1.97 bits per heavy atom. The molecule has 3 heterocycles. The van der Waals surface area contributed by atoms with E-state index in [4.69, 9.17) is 9.47 Å². The summed E-state index contributed by atoms with van der Waals surface area (Å²) >= 11 is 0. The van der Waals surface area contributed by atoms with Gasteiger partial charge in [0, 0.05) is 32.1 Å². The summed E-state index contributed by atoms with van der Waals surface area (Å²) in [4.78, 5) is 32.7. The van der Waals surface area contributed by atoms with E-state index in [1.807, 2.05) is 18.2 Å². The molecule has 0 saturated carbocycles. The molecule has 1 aromatic carbocycles. The number of carbonyl (C=O) groups is 2. The number of anilines is 1. The predicted molar refractivity (Wildman–Crippen MR) is 113 cm³/mol. The van der Waals surface area contributed by atoms with Gasteiger partial charge in [0.15, 0.2) is 0 Å². The lowest BCUT2D eigenvalue weighted by molar-refractivity contribution is -0.122. The molecule has 7 nitrogen and oxygen atoms in total. The van der Waals surface area contributed by atoms with Crippen LogP contribution in [0.3, 0.4) is 0 Å². The molecule has 0 N–H and O–H groups in total. The van der Waals surface area contributed by atoms with Crippen molar-refractivity contribution in [3.8, 4) is 11.6 Å². The van der Waals surface area contributed by atoms with Gasteiger partial charge in [0.05, 0.1) is 19.0 Å². The fraction of sp³-hybridized carbons (Fsp3) is 0.435. The second-order valence-corrected chi connectivity index (χ2v) is 8.67. The molecule has 1 fully saturated rings. The van der Waals surface area contributed by atoms with E-state index in [0.29, 0.717) is 26.1 Å². The first-order valence-electron chi connectivity index (χ1n) is 10.2. The van der Waals surface area contributed by atoms with Gasteiger partial charge in [-0.15, -0.1) is 0 Å². The van der Waals surface area contributed by atoms with Gasteiger partial charge in [0.2, 0.25) is 11.8 Å². The van der Waals surface area contributed by atoms with Crippen LogP contribution in [-0.4, -0.2) is 42.1 Å². The molecule has 1 aromatic heterocycles. The maximum absolute atomic E-state index is 12.6. The molecular formula is C23H27N3O4. The third-order valence-corrected chi connectivity index (χ3v) is 5.85. The van der Waals surface area contributed by atoms with Gasteiger partial charge in [-0.05, 0) is 47.6 Å². The zero-order valence-electron chi connectivity index (χ0n) is 17.7. The van der Waals surface area contributed by atoms with E-state index in [1.165, 1.54) is 5.56 Å². The minimum absolute atomic E-state index is 0.0353. The molecule has 0 aliphatic carbocycles. The third kappa shape index (κ3) is 4.25. The van der Waals surface area contributed by atoms with E-state index < -0.39 is 6.09 Å². The van der Waals surface area contributed by atoms with Crippen LogP contribution in [0.25, 0.3) is 0 Å². The van der Waals surface area contributed by atoms with Crippen LogP contribution in [0.2, 0.25) is 0 Å². The van der Waals surface area contributed by atoms with Gasteiger partial charge in [-0.3, -0.25) is 4.79 Å². The lowest BCUT2D eigenvalue weighted by Crippen LogP contribution is -2.42. The summed E-state index contributed by atoms with van der Waals surface area (Å²) in [5, 5.41) is 0. The first-order chi connectivity index (χ1) is 14.3. The Labute approximate surface area is 176 Å². The Kier molecular flexibility index (Phi) is 5.37. The smallest absolute Gasteiger partial charge is 0.416 e. The zero-order chi connectivity index (χ0) is 21.3. The minimum atomic E-state index is -0.431. The summed E-state index contributed by atoms with van der Waals surface area (Å²) in [5.74, 6) is 1.10. The summed E-state index contributed by atoms with van der Waals surface area (Å²) in [7, 11) is 1.63. The van der Waals surface area contributed by atoms with Crippen molar-refractivity contribution in [3.05, 3.63) is 47.7 Å². The van der Waals surface area contributed by atoms with E-state index in [2.05, 4.69) is 18.8 Å². The number of benzene rings is 1. The molecule has 158 valence electrons. The van der Waals surface area contributed by atoms with Crippen molar-refractivity contribution >= 4 is 17.7 Å². The maximum atomic E-state index is 12.6. The summed E-state index contributed by atoms with van der Waals surface area (Å²) in [6, 6.07) is 9.36. The first kappa shape index (κ1) is 20.2.